The summed E-state index contributed by atoms with van der Waals surface area (Å²) in [6, 6.07) is -1.03. The number of ketones is 2. The van der Waals surface area contributed by atoms with E-state index >= 15 is 0 Å². The molecule has 0 aromatic carbocycles. The predicted molar refractivity (Wildman–Crippen MR) is 165 cm³/mol. The summed E-state index contributed by atoms with van der Waals surface area (Å²) in [7, 11) is 3.76. The van der Waals surface area contributed by atoms with Crippen LogP contribution in [0.15, 0.2) is 0 Å². The fraction of sp³-hybridized carbons (Fsp3) is 0.879. The summed E-state index contributed by atoms with van der Waals surface area (Å²) in [5.41, 5.74) is -2.59. The van der Waals surface area contributed by atoms with Crippen LogP contribution in [0, 0.1) is 23.7 Å². The van der Waals surface area contributed by atoms with Gasteiger partial charge in [0, 0.05) is 23.8 Å². The Hall–Kier alpha value is -2.16. The fourth-order valence-corrected chi connectivity index (χ4v) is 8.04. The van der Waals surface area contributed by atoms with E-state index in [1.54, 1.807) is 34.6 Å². The third kappa shape index (κ3) is 7.14. The van der Waals surface area contributed by atoms with Crippen molar-refractivity contribution in [3.63, 3.8) is 0 Å². The number of alkyl carbamates (subject to hydrolysis) is 1. The van der Waals surface area contributed by atoms with Gasteiger partial charge in [-0.25, -0.2) is 4.79 Å². The van der Waals surface area contributed by atoms with E-state index in [0.717, 1.165) is 0 Å². The van der Waals surface area contributed by atoms with Gasteiger partial charge in [-0.15, -0.1) is 0 Å². The summed E-state index contributed by atoms with van der Waals surface area (Å²) < 4.78 is 37.2. The molecule has 0 spiro atoms. The number of cyclic esters (lactones) is 1. The molecule has 1 amide bonds. The Labute approximate surface area is 272 Å². The van der Waals surface area contributed by atoms with Gasteiger partial charge in [0.25, 0.3) is 0 Å². The molecule has 0 aliphatic carbocycles. The van der Waals surface area contributed by atoms with Crippen LogP contribution in [0.1, 0.15) is 74.7 Å². The van der Waals surface area contributed by atoms with Crippen LogP contribution < -0.4 is 5.32 Å². The van der Waals surface area contributed by atoms with Gasteiger partial charge in [0.05, 0.1) is 35.9 Å². The lowest BCUT2D eigenvalue weighted by Gasteiger charge is -2.48. The highest BCUT2D eigenvalue weighted by Gasteiger charge is 2.57. The molecule has 4 aliphatic heterocycles. The summed E-state index contributed by atoms with van der Waals surface area (Å²) in [5, 5.41) is 14.2. The third-order valence-electron chi connectivity index (χ3n) is 10.6. The van der Waals surface area contributed by atoms with Crippen LogP contribution in [0.2, 0.25) is 0 Å². The average Bonchev–Trinajstić information content (AvgIpc) is 3.32. The monoisotopic (exact) mass is 654 g/mol. The molecular weight excluding hydrogens is 600 g/mol. The second-order valence-electron chi connectivity index (χ2n) is 14.5. The normalized spacial score (nSPS) is 46.3. The van der Waals surface area contributed by atoms with Gasteiger partial charge in [0.1, 0.15) is 31.2 Å². The number of rotatable bonds is 4. The van der Waals surface area contributed by atoms with E-state index in [1.165, 1.54) is 0 Å². The van der Waals surface area contributed by atoms with Crippen LogP contribution in [0.5, 0.6) is 0 Å². The summed E-state index contributed by atoms with van der Waals surface area (Å²) in [6.07, 6.45) is -4.62. The van der Waals surface area contributed by atoms with Gasteiger partial charge in [0.15, 0.2) is 17.7 Å². The van der Waals surface area contributed by atoms with Crippen molar-refractivity contribution in [3.05, 3.63) is 0 Å². The highest BCUT2D eigenvalue weighted by atomic mass is 16.7. The molecule has 2 N–H and O–H groups in total. The van der Waals surface area contributed by atoms with Crippen molar-refractivity contribution < 1.29 is 52.7 Å². The zero-order chi connectivity index (χ0) is 34.3. The summed E-state index contributed by atoms with van der Waals surface area (Å²) in [6.45, 7) is 13.6. The molecule has 13 heteroatoms. The number of hydrogen-bond acceptors (Lipinski definition) is 12. The molecule has 14 atom stereocenters. The second kappa shape index (κ2) is 14.1. The van der Waals surface area contributed by atoms with Gasteiger partial charge < -0.3 is 43.7 Å². The Morgan fingerprint density at radius 1 is 1.02 bits per heavy atom. The quantitative estimate of drug-likeness (QED) is 0.427. The first-order chi connectivity index (χ1) is 21.4. The molecule has 4 heterocycles. The van der Waals surface area contributed by atoms with Gasteiger partial charge >= 0.3 is 12.1 Å². The maximum absolute atomic E-state index is 14.1. The molecule has 262 valence electrons. The number of Topliss-reactive ketones (excluding diaryl/α,β-unsaturated/α-hetero) is 2. The zero-order valence-electron chi connectivity index (χ0n) is 28.9. The number of aliphatic hydroxyl groups is 1. The Morgan fingerprint density at radius 3 is 2.33 bits per heavy atom. The van der Waals surface area contributed by atoms with E-state index in [2.05, 4.69) is 5.32 Å². The van der Waals surface area contributed by atoms with E-state index < -0.39 is 83.7 Å². The number of esters is 1. The topological polar surface area (TPSA) is 159 Å². The van der Waals surface area contributed by atoms with Crippen molar-refractivity contribution in [3.8, 4) is 0 Å². The Kier molecular flexibility index (Phi) is 11.3. The number of nitrogens with zero attached hydrogens (tertiary/aromatic N) is 1. The van der Waals surface area contributed by atoms with E-state index in [0.29, 0.717) is 12.8 Å². The average molecular weight is 655 g/mol. The molecule has 0 aromatic rings. The molecule has 0 radical (unpaired) electrons. The van der Waals surface area contributed by atoms with Crippen molar-refractivity contribution in [2.45, 2.75) is 135 Å². The van der Waals surface area contributed by atoms with Crippen molar-refractivity contribution >= 4 is 23.6 Å². The lowest BCUT2D eigenvalue weighted by Crippen LogP contribution is -2.60. The summed E-state index contributed by atoms with van der Waals surface area (Å²) >= 11 is 0. The Morgan fingerprint density at radius 2 is 1.70 bits per heavy atom. The minimum atomic E-state index is -1.31. The maximum Gasteiger partial charge on any atom is 0.408 e. The maximum atomic E-state index is 14.1. The van der Waals surface area contributed by atoms with Crippen molar-refractivity contribution in [2.75, 3.05) is 27.3 Å². The number of carbonyl (C=O) groups is 4. The summed E-state index contributed by atoms with van der Waals surface area (Å²) in [5.74, 6) is -3.95. The van der Waals surface area contributed by atoms with Gasteiger partial charge in [-0.1, -0.05) is 27.7 Å². The molecular formula is C33H54N2O11. The molecule has 13 nitrogen and oxygen atoms in total. The fourth-order valence-electron chi connectivity index (χ4n) is 8.04. The first-order valence-corrected chi connectivity index (χ1v) is 16.6. The first-order valence-electron chi connectivity index (χ1n) is 16.6. The minimum Gasteiger partial charge on any atom is -0.458 e. The van der Waals surface area contributed by atoms with Gasteiger partial charge in [-0.3, -0.25) is 14.4 Å². The third-order valence-corrected chi connectivity index (χ3v) is 10.6. The number of nitrogens with one attached hydrogen (secondary N) is 1. The number of aliphatic hydroxyl groups excluding tert-OH is 1. The predicted octanol–water partition coefficient (Wildman–Crippen LogP) is 2.25. The van der Waals surface area contributed by atoms with Crippen LogP contribution >= 0.6 is 0 Å². The van der Waals surface area contributed by atoms with E-state index in [-0.39, 0.29) is 43.3 Å². The van der Waals surface area contributed by atoms with Crippen LogP contribution in [0.4, 0.5) is 4.79 Å². The van der Waals surface area contributed by atoms with Gasteiger partial charge in [-0.05, 0) is 61.1 Å². The van der Waals surface area contributed by atoms with Crippen LogP contribution in [-0.2, 0) is 42.8 Å². The number of fused-ring (bicyclic) bond motifs is 4. The minimum absolute atomic E-state index is 0.134. The number of ether oxygens (including phenoxy) is 6. The van der Waals surface area contributed by atoms with Crippen LogP contribution in [0.25, 0.3) is 0 Å². The molecule has 0 saturated carbocycles. The van der Waals surface area contributed by atoms with Crippen molar-refractivity contribution in [1.82, 2.24) is 10.2 Å². The van der Waals surface area contributed by atoms with Gasteiger partial charge in [-0.2, -0.15) is 0 Å². The Bertz CT molecular complexity index is 1150. The number of likely N-dealkylation sites (N-methyl/N-ethyl adjacent to an activating group) is 1. The van der Waals surface area contributed by atoms with Crippen molar-refractivity contribution in [2.24, 2.45) is 23.7 Å². The molecule has 0 unspecified atom stereocenters. The molecule has 46 heavy (non-hydrogen) atoms. The SMILES string of the molecule is CC[C@H]1OC(=O)[C@H](C)[C@@H]2OCC(=O)CO[C@@](C)(C[C@@H](C)C(=O)[C@H](C)[C@H]3NC(=O)O[C@@]31C)[C@H](O[C@@H]1O[C@H](C)C[C@H](N(C)C)[C@H]1O)[C@H]2C. The number of carbonyl (C=O) groups excluding carboxylic acids is 4. The van der Waals surface area contributed by atoms with E-state index in [1.807, 2.05) is 39.8 Å². The summed E-state index contributed by atoms with van der Waals surface area (Å²) in [4.78, 5) is 55.6. The largest absolute Gasteiger partial charge is 0.458 e. The van der Waals surface area contributed by atoms with E-state index in [4.69, 9.17) is 28.4 Å². The number of amides is 1. The molecule has 2 bridgehead atoms. The lowest BCUT2D eigenvalue weighted by molar-refractivity contribution is -0.302. The van der Waals surface area contributed by atoms with E-state index in [9.17, 15) is 24.3 Å². The van der Waals surface area contributed by atoms with Crippen molar-refractivity contribution in [1.29, 1.82) is 0 Å². The highest BCUT2D eigenvalue weighted by Crippen LogP contribution is 2.42. The zero-order valence-corrected chi connectivity index (χ0v) is 28.9. The Balaban J connectivity index is 1.83. The smallest absolute Gasteiger partial charge is 0.408 e. The standard InChI is InChI=1S/C33H54N2O11/c1-11-23-33(8)27(34-31(40)46-33)18(4)24(37)16(2)13-32(7)28(45-30-25(38)22(35(9)10)12-17(3)43-30)19(5)26(20(6)29(39)44-23)41-14-21(36)15-42-32/h16-20,22-23,25-28,30,38H,11-15H2,1-10H3,(H,34,40)/t16-,17-,18+,19+,20-,22+,23-,25-,26-,27-,28-,30+,32+,33-/m1/s1. The molecule has 4 aliphatic rings. The highest BCUT2D eigenvalue weighted by molar-refractivity contribution is 5.85. The number of hydrogen-bond donors (Lipinski definition) is 2. The molecule has 4 saturated heterocycles. The first kappa shape index (κ1) is 36.7. The lowest BCUT2D eigenvalue weighted by atomic mass is 9.73. The van der Waals surface area contributed by atoms with Gasteiger partial charge in [0.2, 0.25) is 0 Å². The molecule has 0 aromatic heterocycles. The van der Waals surface area contributed by atoms with Crippen LogP contribution in [-0.4, -0.2) is 121 Å². The molecule has 4 fully saturated rings. The second-order valence-corrected chi connectivity index (χ2v) is 14.5. The van der Waals surface area contributed by atoms with Crippen LogP contribution in [0.3, 0.4) is 0 Å². The molecule has 4 rings (SSSR count).